The average Bonchev–Trinajstić information content (AvgIpc) is 3.57. The fourth-order valence-corrected chi connectivity index (χ4v) is 7.92. The van der Waals surface area contributed by atoms with Crippen LogP contribution >= 0.6 is 11.3 Å². The van der Waals surface area contributed by atoms with E-state index in [-0.39, 0.29) is 18.0 Å². The summed E-state index contributed by atoms with van der Waals surface area (Å²) in [5.41, 5.74) is 5.48. The first kappa shape index (κ1) is 50.1. The Morgan fingerprint density at radius 1 is 0.758 bits per heavy atom. The average molecular weight is 890 g/mol. The van der Waals surface area contributed by atoms with E-state index in [4.69, 9.17) is 28.2 Å². The van der Waals surface area contributed by atoms with E-state index in [1.54, 1.807) is 6.92 Å². The minimum absolute atomic E-state index is 0.248. The van der Waals surface area contributed by atoms with Gasteiger partial charge in [0, 0.05) is 31.8 Å². The summed E-state index contributed by atoms with van der Waals surface area (Å²) in [5.74, 6) is -0.248. The second kappa shape index (κ2) is 26.1. The van der Waals surface area contributed by atoms with Crippen LogP contribution in [-0.4, -0.2) is 116 Å². The number of quaternary nitrogens is 1. The van der Waals surface area contributed by atoms with Gasteiger partial charge < -0.3 is 33.1 Å². The second-order valence-corrected chi connectivity index (χ2v) is 18.0. The third-order valence-electron chi connectivity index (χ3n) is 10.1. The number of hydrogen-bond acceptors (Lipinski definition) is 13. The molecule has 1 N–H and O–H groups in total. The molecule has 0 aliphatic rings. The molecule has 62 heavy (non-hydrogen) atoms. The Morgan fingerprint density at radius 3 is 1.85 bits per heavy atom. The lowest BCUT2D eigenvalue weighted by Gasteiger charge is -2.33. The number of anilines is 1. The standard InChI is InChI=1S/C46H60N6O8S2/c1-6-22-56-26-28-59-43(38-14-9-7-10-15-38)34-51(40-18-19-42(36(2)31-40)49-50-46-41(32-47)37(3)45(33-48)61-46)35-44(39-16-11-8-12-17-39)60-29-27-58-25-24-57-23-21-52(4,5)20-13-30-62(53,54)55/h7-12,14-19,31,43-44H,6,13,20-30,34-35H2,1-5H3/p+1. The van der Waals surface area contributed by atoms with Crippen LogP contribution in [0, 0.1) is 36.5 Å². The molecular formula is C46H61N6O8S2+. The van der Waals surface area contributed by atoms with Crippen LogP contribution < -0.4 is 4.90 Å². The van der Waals surface area contributed by atoms with Crippen molar-refractivity contribution in [3.63, 3.8) is 0 Å². The van der Waals surface area contributed by atoms with Crippen molar-refractivity contribution < 1.29 is 41.1 Å². The lowest BCUT2D eigenvalue weighted by atomic mass is 10.1. The number of benzene rings is 3. The van der Waals surface area contributed by atoms with Gasteiger partial charge in [-0.15, -0.1) is 21.6 Å². The molecule has 0 fully saturated rings. The van der Waals surface area contributed by atoms with E-state index in [0.29, 0.717) is 117 Å². The Bertz CT molecular complexity index is 2170. The zero-order chi connectivity index (χ0) is 44.8. The molecule has 2 unspecified atom stereocenters. The van der Waals surface area contributed by atoms with Gasteiger partial charge in [-0.05, 0) is 60.7 Å². The lowest BCUT2D eigenvalue weighted by molar-refractivity contribution is -0.890. The third-order valence-corrected chi connectivity index (χ3v) is 12.0. The normalized spacial score (nSPS) is 12.9. The number of thiophene rings is 1. The molecule has 0 amide bonds. The van der Waals surface area contributed by atoms with Gasteiger partial charge in [-0.25, -0.2) is 0 Å². The van der Waals surface area contributed by atoms with Crippen LogP contribution in [0.3, 0.4) is 0 Å². The Kier molecular flexibility index (Phi) is 21.1. The first-order valence-electron chi connectivity index (χ1n) is 20.9. The van der Waals surface area contributed by atoms with E-state index in [0.717, 1.165) is 40.1 Å². The van der Waals surface area contributed by atoms with Crippen LogP contribution in [-0.2, 0) is 33.8 Å². The van der Waals surface area contributed by atoms with Gasteiger partial charge >= 0.3 is 0 Å². The van der Waals surface area contributed by atoms with Crippen LogP contribution in [0.5, 0.6) is 0 Å². The number of hydrogen-bond donors (Lipinski definition) is 1. The molecule has 16 heteroatoms. The summed E-state index contributed by atoms with van der Waals surface area (Å²) in [6.07, 6.45) is 0.686. The van der Waals surface area contributed by atoms with Crippen LogP contribution in [0.4, 0.5) is 16.4 Å². The zero-order valence-corrected chi connectivity index (χ0v) is 38.2. The molecule has 4 aromatic rings. The molecule has 0 saturated carbocycles. The summed E-state index contributed by atoms with van der Waals surface area (Å²) >= 11 is 1.16. The van der Waals surface area contributed by atoms with Crippen molar-refractivity contribution in [3.8, 4) is 12.1 Å². The van der Waals surface area contributed by atoms with Gasteiger partial charge in [0.05, 0.1) is 83.9 Å². The van der Waals surface area contributed by atoms with Crippen molar-refractivity contribution in [2.75, 3.05) is 104 Å². The molecule has 4 rings (SSSR count). The second-order valence-electron chi connectivity index (χ2n) is 15.4. The van der Waals surface area contributed by atoms with E-state index in [2.05, 4.69) is 64.5 Å². The molecule has 1 heterocycles. The van der Waals surface area contributed by atoms with Crippen molar-refractivity contribution in [1.29, 1.82) is 10.5 Å². The highest BCUT2D eigenvalue weighted by molar-refractivity contribution is 7.85. The summed E-state index contributed by atoms with van der Waals surface area (Å²) in [7, 11) is 0.0382. The number of nitriles is 2. The predicted octanol–water partition coefficient (Wildman–Crippen LogP) is 8.66. The largest absolute Gasteiger partial charge is 0.379 e. The number of aryl methyl sites for hydroxylation is 1. The van der Waals surface area contributed by atoms with Gasteiger partial charge in [0.15, 0.2) is 5.00 Å². The van der Waals surface area contributed by atoms with E-state index in [9.17, 15) is 18.9 Å². The van der Waals surface area contributed by atoms with Gasteiger partial charge in [0.2, 0.25) is 0 Å². The molecular weight excluding hydrogens is 829 g/mol. The molecule has 0 aliphatic carbocycles. The number of likely N-dealkylation sites (N-methyl/N-ethyl adjacent to an activating group) is 1. The van der Waals surface area contributed by atoms with Crippen molar-refractivity contribution in [1.82, 2.24) is 0 Å². The summed E-state index contributed by atoms with van der Waals surface area (Å²) in [5, 5.41) is 28.5. The minimum atomic E-state index is -3.96. The topological polar surface area (TPSA) is 176 Å². The monoisotopic (exact) mass is 889 g/mol. The Morgan fingerprint density at radius 2 is 1.32 bits per heavy atom. The fourth-order valence-electron chi connectivity index (χ4n) is 6.55. The number of nitrogens with zero attached hydrogens (tertiary/aromatic N) is 6. The molecule has 14 nitrogen and oxygen atoms in total. The molecule has 2 atom stereocenters. The van der Waals surface area contributed by atoms with E-state index in [1.165, 1.54) is 0 Å². The number of ether oxygens (including phenoxy) is 5. The molecule has 0 spiro atoms. The Balaban J connectivity index is 1.49. The molecule has 3 aromatic carbocycles. The van der Waals surface area contributed by atoms with Crippen LogP contribution in [0.2, 0.25) is 0 Å². The molecule has 0 bridgehead atoms. The zero-order valence-electron chi connectivity index (χ0n) is 36.6. The van der Waals surface area contributed by atoms with E-state index in [1.807, 2.05) is 69.6 Å². The number of rotatable bonds is 29. The fraction of sp³-hybridized carbons (Fsp3) is 0.478. The number of azo groups is 1. The first-order chi connectivity index (χ1) is 29.8. The van der Waals surface area contributed by atoms with Crippen LogP contribution in [0.1, 0.15) is 64.7 Å². The van der Waals surface area contributed by atoms with Crippen molar-refractivity contribution in [2.45, 2.75) is 45.8 Å². The molecule has 334 valence electrons. The van der Waals surface area contributed by atoms with Gasteiger partial charge in [-0.2, -0.15) is 18.9 Å². The van der Waals surface area contributed by atoms with E-state index < -0.39 is 10.1 Å². The molecule has 1 aromatic heterocycles. The minimum Gasteiger partial charge on any atom is -0.379 e. The summed E-state index contributed by atoms with van der Waals surface area (Å²) < 4.78 is 62.3. The van der Waals surface area contributed by atoms with E-state index >= 15 is 0 Å². The van der Waals surface area contributed by atoms with Crippen LogP contribution in [0.15, 0.2) is 89.1 Å². The maximum atomic E-state index is 11.1. The quantitative estimate of drug-likeness (QED) is 0.0239. The predicted molar refractivity (Wildman–Crippen MR) is 242 cm³/mol. The smallest absolute Gasteiger partial charge is 0.265 e. The SMILES string of the molecule is CCCOCCOC(CN(CC(OCCOCCOCC[N+](C)(C)CCCS(=O)(=O)O)c1ccccc1)c1ccc(N=Nc2sc(C#N)c(C)c2C#N)c(C)c1)c1ccccc1. The highest BCUT2D eigenvalue weighted by Gasteiger charge is 2.24. The maximum Gasteiger partial charge on any atom is 0.265 e. The first-order valence-corrected chi connectivity index (χ1v) is 23.3. The third kappa shape index (κ3) is 17.3. The Hall–Kier alpha value is -4.59. The summed E-state index contributed by atoms with van der Waals surface area (Å²) in [4.78, 5) is 2.71. The summed E-state index contributed by atoms with van der Waals surface area (Å²) in [6.45, 7) is 11.7. The van der Waals surface area contributed by atoms with Crippen LogP contribution in [0.25, 0.3) is 0 Å². The van der Waals surface area contributed by atoms with Crippen molar-refractivity contribution in [2.24, 2.45) is 10.2 Å². The Labute approximate surface area is 371 Å². The highest BCUT2D eigenvalue weighted by atomic mass is 32.2. The molecule has 0 radical (unpaired) electrons. The van der Waals surface area contributed by atoms with Gasteiger partial charge in [0.1, 0.15) is 35.8 Å². The van der Waals surface area contributed by atoms with Gasteiger partial charge in [0.25, 0.3) is 10.1 Å². The lowest BCUT2D eigenvalue weighted by Crippen LogP contribution is -2.43. The highest BCUT2D eigenvalue weighted by Crippen LogP contribution is 2.36. The van der Waals surface area contributed by atoms with Crippen molar-refractivity contribution >= 4 is 37.8 Å². The van der Waals surface area contributed by atoms with Gasteiger partial charge in [-0.1, -0.05) is 67.6 Å². The van der Waals surface area contributed by atoms with Gasteiger partial charge in [-0.3, -0.25) is 4.55 Å². The molecule has 0 saturated heterocycles. The summed E-state index contributed by atoms with van der Waals surface area (Å²) in [6, 6.07) is 30.5. The molecule has 0 aliphatic heterocycles. The van der Waals surface area contributed by atoms with Crippen molar-refractivity contribution in [3.05, 3.63) is 112 Å². The maximum absolute atomic E-state index is 11.1.